The minimum atomic E-state index is -0.738. The third-order valence-electron chi connectivity index (χ3n) is 4.30. The van der Waals surface area contributed by atoms with Crippen molar-refractivity contribution in [3.05, 3.63) is 48.0 Å². The summed E-state index contributed by atoms with van der Waals surface area (Å²) in [6, 6.07) is 13.7. The van der Waals surface area contributed by atoms with Crippen LogP contribution in [0.5, 0.6) is 0 Å². The Morgan fingerprint density at radius 3 is 2.86 bits per heavy atom. The summed E-state index contributed by atoms with van der Waals surface area (Å²) < 4.78 is 0. The van der Waals surface area contributed by atoms with Gasteiger partial charge in [-0.05, 0) is 35.7 Å². The first kappa shape index (κ1) is 14.0. The summed E-state index contributed by atoms with van der Waals surface area (Å²) in [5.74, 6) is -0.738. The predicted octanol–water partition coefficient (Wildman–Crippen LogP) is 2.39. The van der Waals surface area contributed by atoms with Crippen molar-refractivity contribution in [2.24, 2.45) is 5.73 Å². The smallest absolute Gasteiger partial charge is 0.320 e. The van der Waals surface area contributed by atoms with Crippen LogP contribution in [0, 0.1) is 0 Å². The number of aliphatic carboxylic acids is 1. The van der Waals surface area contributed by atoms with Gasteiger partial charge in [-0.25, -0.2) is 0 Å². The van der Waals surface area contributed by atoms with Crippen LogP contribution in [0.4, 0.5) is 0 Å². The van der Waals surface area contributed by atoms with Crippen LogP contribution in [0.25, 0.3) is 10.8 Å². The highest BCUT2D eigenvalue weighted by Crippen LogP contribution is 2.26. The lowest BCUT2D eigenvalue weighted by atomic mass is 9.99. The van der Waals surface area contributed by atoms with Crippen LogP contribution in [0.15, 0.2) is 42.5 Å². The number of hydrogen-bond acceptors (Lipinski definition) is 3. The van der Waals surface area contributed by atoms with Gasteiger partial charge in [-0.15, -0.1) is 0 Å². The molecule has 4 nitrogen and oxygen atoms in total. The van der Waals surface area contributed by atoms with Gasteiger partial charge in [-0.2, -0.15) is 0 Å². The van der Waals surface area contributed by atoms with Crippen LogP contribution in [0.3, 0.4) is 0 Å². The highest BCUT2D eigenvalue weighted by Gasteiger charge is 2.31. The Balaban J connectivity index is 1.84. The zero-order chi connectivity index (χ0) is 14.8. The molecule has 0 bridgehead atoms. The lowest BCUT2D eigenvalue weighted by molar-refractivity contribution is -0.142. The molecular weight excluding hydrogens is 264 g/mol. The molecule has 1 aliphatic heterocycles. The molecule has 4 heteroatoms. The van der Waals surface area contributed by atoms with Crippen molar-refractivity contribution in [2.45, 2.75) is 24.9 Å². The summed E-state index contributed by atoms with van der Waals surface area (Å²) >= 11 is 0. The van der Waals surface area contributed by atoms with E-state index in [0.717, 1.165) is 30.3 Å². The fourth-order valence-electron chi connectivity index (χ4n) is 3.25. The zero-order valence-electron chi connectivity index (χ0n) is 11.9. The van der Waals surface area contributed by atoms with Crippen molar-refractivity contribution in [3.63, 3.8) is 0 Å². The molecule has 2 atom stereocenters. The topological polar surface area (TPSA) is 66.6 Å². The van der Waals surface area contributed by atoms with Crippen LogP contribution >= 0.6 is 0 Å². The molecule has 0 unspecified atom stereocenters. The standard InChI is InChI=1S/C17H20N2O2/c18-15(11-19-10-4-9-16(19)17(20)21)14-8-3-6-12-5-1-2-7-13(12)14/h1-3,5-8,15-16H,4,9-11,18H2,(H,20,21)/t15-,16-/m0/s1. The Hall–Kier alpha value is -1.91. The molecule has 21 heavy (non-hydrogen) atoms. The van der Waals surface area contributed by atoms with Crippen LogP contribution in [-0.2, 0) is 4.79 Å². The van der Waals surface area contributed by atoms with E-state index in [-0.39, 0.29) is 12.1 Å². The van der Waals surface area contributed by atoms with Crippen molar-refractivity contribution in [1.82, 2.24) is 4.90 Å². The fourth-order valence-corrected chi connectivity index (χ4v) is 3.25. The molecule has 3 N–H and O–H groups in total. The van der Waals surface area contributed by atoms with Gasteiger partial charge in [-0.1, -0.05) is 42.5 Å². The monoisotopic (exact) mass is 284 g/mol. The van der Waals surface area contributed by atoms with E-state index in [1.165, 1.54) is 5.39 Å². The Bertz CT molecular complexity index is 651. The Labute approximate surface area is 124 Å². The molecule has 0 amide bonds. The van der Waals surface area contributed by atoms with Gasteiger partial charge in [0.25, 0.3) is 0 Å². The second-order valence-corrected chi connectivity index (χ2v) is 5.67. The number of hydrogen-bond donors (Lipinski definition) is 2. The van der Waals surface area contributed by atoms with Crippen LogP contribution in [0.2, 0.25) is 0 Å². The van der Waals surface area contributed by atoms with Crippen molar-refractivity contribution in [3.8, 4) is 0 Å². The van der Waals surface area contributed by atoms with Crippen molar-refractivity contribution in [1.29, 1.82) is 0 Å². The first-order valence-corrected chi connectivity index (χ1v) is 7.37. The van der Waals surface area contributed by atoms with Gasteiger partial charge in [0.05, 0.1) is 0 Å². The summed E-state index contributed by atoms with van der Waals surface area (Å²) in [7, 11) is 0. The minimum absolute atomic E-state index is 0.170. The summed E-state index contributed by atoms with van der Waals surface area (Å²) in [5, 5.41) is 11.6. The molecule has 0 aromatic heterocycles. The third kappa shape index (κ3) is 2.77. The molecule has 0 saturated carbocycles. The number of benzene rings is 2. The molecular formula is C17H20N2O2. The zero-order valence-corrected chi connectivity index (χ0v) is 11.9. The average Bonchev–Trinajstić information content (AvgIpc) is 2.95. The summed E-state index contributed by atoms with van der Waals surface area (Å²) in [5.41, 5.74) is 7.46. The Morgan fingerprint density at radius 2 is 2.05 bits per heavy atom. The highest BCUT2D eigenvalue weighted by atomic mass is 16.4. The number of fused-ring (bicyclic) bond motifs is 1. The molecule has 0 aliphatic carbocycles. The molecule has 3 rings (SSSR count). The first-order chi connectivity index (χ1) is 10.2. The summed E-state index contributed by atoms with van der Waals surface area (Å²) in [6.45, 7) is 1.40. The maximum absolute atomic E-state index is 11.3. The lowest BCUT2D eigenvalue weighted by Crippen LogP contribution is -2.40. The molecule has 1 aliphatic rings. The Morgan fingerprint density at radius 1 is 1.29 bits per heavy atom. The second kappa shape index (κ2) is 5.84. The summed E-state index contributed by atoms with van der Waals surface area (Å²) in [4.78, 5) is 13.3. The van der Waals surface area contributed by atoms with Gasteiger partial charge < -0.3 is 10.8 Å². The molecule has 2 aromatic carbocycles. The van der Waals surface area contributed by atoms with Gasteiger partial charge in [0.15, 0.2) is 0 Å². The largest absolute Gasteiger partial charge is 0.480 e. The number of rotatable bonds is 4. The molecule has 1 fully saturated rings. The molecule has 1 saturated heterocycles. The van der Waals surface area contributed by atoms with Crippen LogP contribution in [-0.4, -0.2) is 35.1 Å². The molecule has 0 spiro atoms. The number of carboxylic acids is 1. The fraction of sp³-hybridized carbons (Fsp3) is 0.353. The molecule has 0 radical (unpaired) electrons. The first-order valence-electron chi connectivity index (χ1n) is 7.37. The van der Waals surface area contributed by atoms with E-state index in [0.29, 0.717) is 6.54 Å². The molecule has 2 aromatic rings. The predicted molar refractivity (Wildman–Crippen MR) is 83.1 cm³/mol. The number of carbonyl (C=O) groups is 1. The SMILES string of the molecule is N[C@@H](CN1CCC[C@H]1C(=O)O)c1cccc2ccccc12. The third-order valence-corrected chi connectivity index (χ3v) is 4.30. The van der Waals surface area contributed by atoms with Crippen molar-refractivity contribution < 1.29 is 9.90 Å². The van der Waals surface area contributed by atoms with Gasteiger partial charge >= 0.3 is 5.97 Å². The summed E-state index contributed by atoms with van der Waals surface area (Å²) in [6.07, 6.45) is 1.65. The molecule has 110 valence electrons. The number of carboxylic acid groups (broad SMARTS) is 1. The second-order valence-electron chi connectivity index (χ2n) is 5.67. The van der Waals surface area contributed by atoms with E-state index in [4.69, 9.17) is 5.73 Å². The quantitative estimate of drug-likeness (QED) is 0.904. The van der Waals surface area contributed by atoms with Gasteiger partial charge in [0.2, 0.25) is 0 Å². The van der Waals surface area contributed by atoms with Crippen molar-refractivity contribution >= 4 is 16.7 Å². The number of likely N-dealkylation sites (tertiary alicyclic amines) is 1. The van der Waals surface area contributed by atoms with Gasteiger partial charge in [0, 0.05) is 12.6 Å². The van der Waals surface area contributed by atoms with Gasteiger partial charge in [0.1, 0.15) is 6.04 Å². The van der Waals surface area contributed by atoms with E-state index >= 15 is 0 Å². The van der Waals surface area contributed by atoms with E-state index in [2.05, 4.69) is 18.2 Å². The lowest BCUT2D eigenvalue weighted by Gasteiger charge is -2.25. The Kier molecular flexibility index (Phi) is 3.90. The van der Waals surface area contributed by atoms with Gasteiger partial charge in [-0.3, -0.25) is 9.69 Å². The number of nitrogens with two attached hydrogens (primary N) is 1. The molecule has 1 heterocycles. The van der Waals surface area contributed by atoms with E-state index in [1.807, 2.05) is 29.2 Å². The highest BCUT2D eigenvalue weighted by molar-refractivity contribution is 5.86. The average molecular weight is 284 g/mol. The number of nitrogens with zero attached hydrogens (tertiary/aromatic N) is 1. The van der Waals surface area contributed by atoms with E-state index in [9.17, 15) is 9.90 Å². The maximum atomic E-state index is 11.3. The minimum Gasteiger partial charge on any atom is -0.480 e. The maximum Gasteiger partial charge on any atom is 0.320 e. The normalized spacial score (nSPS) is 20.7. The van der Waals surface area contributed by atoms with E-state index in [1.54, 1.807) is 0 Å². The van der Waals surface area contributed by atoms with E-state index < -0.39 is 5.97 Å². The van der Waals surface area contributed by atoms with Crippen molar-refractivity contribution in [2.75, 3.05) is 13.1 Å². The van der Waals surface area contributed by atoms with Crippen LogP contribution < -0.4 is 5.73 Å². The van der Waals surface area contributed by atoms with Crippen LogP contribution in [0.1, 0.15) is 24.4 Å².